The van der Waals surface area contributed by atoms with E-state index in [4.69, 9.17) is 5.73 Å². The molecule has 1 aliphatic carbocycles. The van der Waals surface area contributed by atoms with Crippen molar-refractivity contribution in [1.29, 1.82) is 0 Å². The molecular formula is C19H22N6O. The Morgan fingerprint density at radius 1 is 1.15 bits per heavy atom. The van der Waals surface area contributed by atoms with Gasteiger partial charge >= 0.3 is 0 Å². The smallest absolute Gasteiger partial charge is 0.255 e. The van der Waals surface area contributed by atoms with Crippen molar-refractivity contribution in [2.24, 2.45) is 5.73 Å². The predicted molar refractivity (Wildman–Crippen MR) is 101 cm³/mol. The standard InChI is InChI=1S/C19H22N6O/c20-14-6-8-15(9-7-14)22-17-12-16(18-21-10-11-25(18)24-17)23-19(26)13-4-2-1-3-5-13/h1-5,10-12,14-15H,6-9,20H2,(H,22,24)(H,23,26)/t14-,15-. The third-order valence-corrected chi connectivity index (χ3v) is 4.77. The van der Waals surface area contributed by atoms with Gasteiger partial charge in [0.05, 0.1) is 5.69 Å². The van der Waals surface area contributed by atoms with Gasteiger partial charge in [0, 0.05) is 36.1 Å². The Bertz CT molecular complexity index is 899. The fourth-order valence-electron chi connectivity index (χ4n) is 3.34. The molecule has 0 saturated heterocycles. The lowest BCUT2D eigenvalue weighted by Gasteiger charge is -2.27. The minimum absolute atomic E-state index is 0.170. The van der Waals surface area contributed by atoms with Crippen LogP contribution < -0.4 is 16.4 Å². The Kier molecular flexibility index (Phi) is 4.53. The van der Waals surface area contributed by atoms with Gasteiger partial charge in [0.2, 0.25) is 0 Å². The average Bonchev–Trinajstić information content (AvgIpc) is 3.13. The molecule has 1 fully saturated rings. The van der Waals surface area contributed by atoms with Crippen molar-refractivity contribution in [1.82, 2.24) is 14.6 Å². The summed E-state index contributed by atoms with van der Waals surface area (Å²) in [6, 6.07) is 11.6. The molecule has 1 aromatic carbocycles. The first-order chi connectivity index (χ1) is 12.7. The van der Waals surface area contributed by atoms with Crippen molar-refractivity contribution >= 4 is 23.1 Å². The molecule has 0 unspecified atom stereocenters. The third-order valence-electron chi connectivity index (χ3n) is 4.77. The molecule has 0 bridgehead atoms. The maximum absolute atomic E-state index is 12.5. The highest BCUT2D eigenvalue weighted by Crippen LogP contribution is 2.24. The molecule has 4 rings (SSSR count). The lowest BCUT2D eigenvalue weighted by molar-refractivity contribution is 0.102. The minimum atomic E-state index is -0.170. The highest BCUT2D eigenvalue weighted by molar-refractivity contribution is 6.06. The summed E-state index contributed by atoms with van der Waals surface area (Å²) in [4.78, 5) is 16.8. The first-order valence-electron chi connectivity index (χ1n) is 8.92. The molecule has 2 heterocycles. The van der Waals surface area contributed by atoms with E-state index in [0.29, 0.717) is 29.0 Å². The van der Waals surface area contributed by atoms with Gasteiger partial charge < -0.3 is 16.4 Å². The molecule has 134 valence electrons. The van der Waals surface area contributed by atoms with Crippen LogP contribution in [0.25, 0.3) is 5.65 Å². The second-order valence-electron chi connectivity index (χ2n) is 6.71. The summed E-state index contributed by atoms with van der Waals surface area (Å²) < 4.78 is 1.68. The number of nitrogens with zero attached hydrogens (tertiary/aromatic N) is 3. The largest absolute Gasteiger partial charge is 0.366 e. The van der Waals surface area contributed by atoms with Crippen molar-refractivity contribution in [3.8, 4) is 0 Å². The number of carbonyl (C=O) groups is 1. The van der Waals surface area contributed by atoms with Gasteiger partial charge in [-0.3, -0.25) is 4.79 Å². The second kappa shape index (κ2) is 7.13. The van der Waals surface area contributed by atoms with E-state index in [-0.39, 0.29) is 5.91 Å². The number of nitrogens with one attached hydrogen (secondary N) is 2. The average molecular weight is 350 g/mol. The Labute approximate surface area is 151 Å². The Morgan fingerprint density at radius 2 is 1.92 bits per heavy atom. The maximum Gasteiger partial charge on any atom is 0.255 e. The number of carbonyl (C=O) groups excluding carboxylic acids is 1. The zero-order valence-corrected chi connectivity index (χ0v) is 14.4. The molecule has 2 aromatic heterocycles. The SMILES string of the molecule is N[C@H]1CC[C@H](Nc2cc(NC(=O)c3ccccc3)c3nccn3n2)CC1. The quantitative estimate of drug-likeness (QED) is 0.672. The molecule has 0 radical (unpaired) electrons. The summed E-state index contributed by atoms with van der Waals surface area (Å²) in [7, 11) is 0. The zero-order chi connectivity index (χ0) is 17.9. The first kappa shape index (κ1) is 16.5. The number of anilines is 2. The molecule has 0 aliphatic heterocycles. The summed E-state index contributed by atoms with van der Waals surface area (Å²) in [5.74, 6) is 0.552. The van der Waals surface area contributed by atoms with Crippen LogP contribution in [0, 0.1) is 0 Å². The maximum atomic E-state index is 12.5. The first-order valence-corrected chi connectivity index (χ1v) is 8.92. The van der Waals surface area contributed by atoms with E-state index < -0.39 is 0 Å². The number of hydrogen-bond acceptors (Lipinski definition) is 5. The lowest BCUT2D eigenvalue weighted by Crippen LogP contribution is -2.33. The Balaban J connectivity index is 1.57. The highest BCUT2D eigenvalue weighted by atomic mass is 16.1. The summed E-state index contributed by atoms with van der Waals surface area (Å²) in [6.07, 6.45) is 7.53. The third kappa shape index (κ3) is 3.52. The van der Waals surface area contributed by atoms with E-state index in [0.717, 1.165) is 31.5 Å². The molecule has 1 aliphatic rings. The molecule has 1 saturated carbocycles. The monoisotopic (exact) mass is 350 g/mol. The van der Waals surface area contributed by atoms with Crippen molar-refractivity contribution in [2.75, 3.05) is 10.6 Å². The molecule has 0 atom stereocenters. The van der Waals surface area contributed by atoms with E-state index in [1.54, 1.807) is 29.0 Å². The zero-order valence-electron chi connectivity index (χ0n) is 14.4. The number of nitrogens with two attached hydrogens (primary N) is 1. The highest BCUT2D eigenvalue weighted by Gasteiger charge is 2.19. The van der Waals surface area contributed by atoms with Crippen LogP contribution in [0.15, 0.2) is 48.8 Å². The van der Waals surface area contributed by atoms with Crippen LogP contribution in [0.2, 0.25) is 0 Å². The predicted octanol–water partition coefficient (Wildman–Crippen LogP) is 2.66. The van der Waals surface area contributed by atoms with Gasteiger partial charge in [0.25, 0.3) is 5.91 Å². The molecule has 26 heavy (non-hydrogen) atoms. The molecule has 0 spiro atoms. The summed E-state index contributed by atoms with van der Waals surface area (Å²) in [6.45, 7) is 0. The summed E-state index contributed by atoms with van der Waals surface area (Å²) >= 11 is 0. The van der Waals surface area contributed by atoms with Crippen LogP contribution in [0.5, 0.6) is 0 Å². The number of aromatic nitrogens is 3. The number of hydrogen-bond donors (Lipinski definition) is 3. The van der Waals surface area contributed by atoms with E-state index in [9.17, 15) is 4.79 Å². The van der Waals surface area contributed by atoms with Crippen molar-refractivity contribution < 1.29 is 4.79 Å². The number of imidazole rings is 1. The minimum Gasteiger partial charge on any atom is -0.366 e. The van der Waals surface area contributed by atoms with Gasteiger partial charge in [-0.1, -0.05) is 18.2 Å². The van der Waals surface area contributed by atoms with Crippen LogP contribution in [0.4, 0.5) is 11.5 Å². The van der Waals surface area contributed by atoms with Crippen molar-refractivity contribution in [3.05, 3.63) is 54.4 Å². The number of amides is 1. The summed E-state index contributed by atoms with van der Waals surface area (Å²) in [5, 5.41) is 11.0. The van der Waals surface area contributed by atoms with Gasteiger partial charge in [-0.05, 0) is 37.8 Å². The second-order valence-corrected chi connectivity index (χ2v) is 6.71. The van der Waals surface area contributed by atoms with Crippen molar-refractivity contribution in [2.45, 2.75) is 37.8 Å². The lowest BCUT2D eigenvalue weighted by atomic mass is 9.92. The van der Waals surface area contributed by atoms with Gasteiger partial charge in [0.15, 0.2) is 5.65 Å². The van der Waals surface area contributed by atoms with Crippen molar-refractivity contribution in [3.63, 3.8) is 0 Å². The fourth-order valence-corrected chi connectivity index (χ4v) is 3.34. The van der Waals surface area contributed by atoms with E-state index in [1.165, 1.54) is 0 Å². The van der Waals surface area contributed by atoms with Gasteiger partial charge in [0.1, 0.15) is 5.82 Å². The molecule has 7 heteroatoms. The number of rotatable bonds is 4. The van der Waals surface area contributed by atoms with Crippen LogP contribution in [-0.2, 0) is 0 Å². The molecular weight excluding hydrogens is 328 g/mol. The van der Waals surface area contributed by atoms with Gasteiger partial charge in [-0.25, -0.2) is 9.50 Å². The van der Waals surface area contributed by atoms with Crippen LogP contribution >= 0.6 is 0 Å². The van der Waals surface area contributed by atoms with Crippen LogP contribution in [0.3, 0.4) is 0 Å². The fraction of sp³-hybridized carbons (Fsp3) is 0.316. The number of benzene rings is 1. The van der Waals surface area contributed by atoms with Gasteiger partial charge in [-0.15, -0.1) is 5.10 Å². The van der Waals surface area contributed by atoms with E-state index >= 15 is 0 Å². The topological polar surface area (TPSA) is 97.3 Å². The van der Waals surface area contributed by atoms with E-state index in [2.05, 4.69) is 20.7 Å². The molecule has 4 N–H and O–H groups in total. The Morgan fingerprint density at radius 3 is 2.69 bits per heavy atom. The van der Waals surface area contributed by atoms with E-state index in [1.807, 2.05) is 24.3 Å². The normalized spacial score (nSPS) is 20.0. The number of fused-ring (bicyclic) bond motifs is 1. The molecule has 1 amide bonds. The molecule has 3 aromatic rings. The Hall–Kier alpha value is -2.93. The van der Waals surface area contributed by atoms with Crippen LogP contribution in [0.1, 0.15) is 36.0 Å². The van der Waals surface area contributed by atoms with Crippen LogP contribution in [-0.4, -0.2) is 32.6 Å². The summed E-state index contributed by atoms with van der Waals surface area (Å²) in [5.41, 5.74) is 7.83. The van der Waals surface area contributed by atoms with Gasteiger partial charge in [-0.2, -0.15) is 0 Å². The molecule has 7 nitrogen and oxygen atoms in total.